The molecule has 0 atom stereocenters. The summed E-state index contributed by atoms with van der Waals surface area (Å²) in [6.45, 7) is 6.41. The van der Waals surface area contributed by atoms with Gasteiger partial charge in [-0.15, -0.1) is 0 Å². The van der Waals surface area contributed by atoms with Crippen LogP contribution < -0.4 is 0 Å². The number of nitrogens with one attached hydrogen (secondary N) is 1. The maximum absolute atomic E-state index is 11.6. The van der Waals surface area contributed by atoms with Gasteiger partial charge in [-0.25, -0.2) is 5.01 Å². The normalized spacial score (nSPS) is 12.6. The van der Waals surface area contributed by atoms with Gasteiger partial charge < -0.3 is 0 Å². The summed E-state index contributed by atoms with van der Waals surface area (Å²) in [6, 6.07) is 7.79. The van der Waals surface area contributed by atoms with Gasteiger partial charge in [-0.3, -0.25) is 19.6 Å². The quantitative estimate of drug-likeness (QED) is 0.182. The van der Waals surface area contributed by atoms with Crippen LogP contribution in [0.3, 0.4) is 0 Å². The third-order valence-electron chi connectivity index (χ3n) is 4.60. The second-order valence-corrected chi connectivity index (χ2v) is 7.91. The molecule has 9 heteroatoms. The number of aromatic nitrogens is 4. The zero-order chi connectivity index (χ0) is 22.2. The summed E-state index contributed by atoms with van der Waals surface area (Å²) in [7, 11) is 3.64. The van der Waals surface area contributed by atoms with Crippen molar-refractivity contribution in [3.05, 3.63) is 71.0 Å². The Morgan fingerprint density at radius 3 is 2.90 bits per heavy atom. The van der Waals surface area contributed by atoms with Crippen molar-refractivity contribution in [2.24, 2.45) is 17.1 Å². The minimum absolute atomic E-state index is 0.342. The second-order valence-electron chi connectivity index (χ2n) is 6.74. The molecule has 0 bridgehead atoms. The van der Waals surface area contributed by atoms with E-state index in [9.17, 15) is 4.79 Å². The van der Waals surface area contributed by atoms with E-state index in [1.807, 2.05) is 50.5 Å². The lowest BCUT2D eigenvalue weighted by atomic mass is 10.1. The van der Waals surface area contributed by atoms with Crippen molar-refractivity contribution in [3.63, 3.8) is 0 Å². The molecule has 0 unspecified atom stereocenters. The lowest BCUT2D eigenvalue weighted by molar-refractivity contribution is -0.118. The number of thioether (sulfide) groups is 1. The van der Waals surface area contributed by atoms with E-state index >= 15 is 0 Å². The van der Waals surface area contributed by atoms with E-state index in [0.717, 1.165) is 37.7 Å². The molecule has 0 fully saturated rings. The molecule has 2 aromatic heterocycles. The Hall–Kier alpha value is -3.46. The average Bonchev–Trinajstić information content (AvgIpc) is 3.41. The number of nitrogens with zero attached hydrogens (tertiary/aromatic N) is 6. The summed E-state index contributed by atoms with van der Waals surface area (Å²) < 4.78 is 1.77. The van der Waals surface area contributed by atoms with E-state index in [0.29, 0.717) is 19.4 Å². The number of aryl methyl sites for hydroxylation is 1. The minimum Gasteiger partial charge on any atom is -0.285 e. The first-order valence-corrected chi connectivity index (χ1v) is 10.5. The predicted molar refractivity (Wildman–Crippen MR) is 127 cm³/mol. The number of fused-ring (bicyclic) bond motifs is 1. The fraction of sp³-hybridized carbons (Fsp3) is 0.227. The zero-order valence-corrected chi connectivity index (χ0v) is 18.6. The van der Waals surface area contributed by atoms with Gasteiger partial charge in [-0.2, -0.15) is 15.3 Å². The van der Waals surface area contributed by atoms with Gasteiger partial charge in [0.1, 0.15) is 0 Å². The molecular formula is C22H25N7OS. The van der Waals surface area contributed by atoms with E-state index in [2.05, 4.69) is 32.0 Å². The van der Waals surface area contributed by atoms with Crippen molar-refractivity contribution in [2.45, 2.75) is 19.9 Å². The number of benzene rings is 1. The Balaban J connectivity index is 1.66. The van der Waals surface area contributed by atoms with Crippen LogP contribution in [-0.4, -0.2) is 49.7 Å². The number of carbonyl (C=O) groups excluding carboxylic acids is 1. The van der Waals surface area contributed by atoms with Crippen molar-refractivity contribution < 1.29 is 4.79 Å². The average molecular weight is 436 g/mol. The minimum atomic E-state index is 0.342. The highest BCUT2D eigenvalue weighted by atomic mass is 32.2. The van der Waals surface area contributed by atoms with Crippen LogP contribution in [0.15, 0.2) is 69.9 Å². The Morgan fingerprint density at radius 1 is 1.39 bits per heavy atom. The molecule has 160 valence electrons. The third kappa shape index (κ3) is 5.79. The molecule has 31 heavy (non-hydrogen) atoms. The lowest BCUT2D eigenvalue weighted by Gasteiger charge is -2.13. The van der Waals surface area contributed by atoms with Gasteiger partial charge in [0.05, 0.1) is 35.2 Å². The first-order chi connectivity index (χ1) is 15.0. The molecular weight excluding hydrogens is 410 g/mol. The van der Waals surface area contributed by atoms with Crippen molar-refractivity contribution in [2.75, 3.05) is 7.05 Å². The number of aliphatic imine (C=N–C) groups is 1. The maximum atomic E-state index is 11.6. The standard InChI is InChI=1S/C22H25N7OS/c1-5-17(16(2)31-22(23-3)11-19-9-10-28(4)27-19)12-25-29(15-30)14-18-7-6-8-21-20(18)13-24-26-21/h5-10,12-13,15H,2,11,14H2,1,3-4H3,(H,24,26)/b17-5+,23-22-,25-12-. The van der Waals surface area contributed by atoms with Crippen molar-refractivity contribution in [1.82, 2.24) is 25.0 Å². The molecule has 3 aromatic rings. The largest absolute Gasteiger partial charge is 0.285 e. The van der Waals surface area contributed by atoms with Crippen LogP contribution in [-0.2, 0) is 24.8 Å². The Kier molecular flexibility index (Phi) is 7.55. The first-order valence-electron chi connectivity index (χ1n) is 9.68. The van der Waals surface area contributed by atoms with E-state index in [4.69, 9.17) is 0 Å². The molecule has 0 saturated carbocycles. The highest BCUT2D eigenvalue weighted by Crippen LogP contribution is 2.24. The van der Waals surface area contributed by atoms with Gasteiger partial charge in [0, 0.05) is 42.6 Å². The molecule has 0 aliphatic rings. The molecule has 1 N–H and O–H groups in total. The van der Waals surface area contributed by atoms with Crippen molar-refractivity contribution in [1.29, 1.82) is 0 Å². The number of hydrogen-bond donors (Lipinski definition) is 1. The molecule has 0 spiro atoms. The van der Waals surface area contributed by atoms with Gasteiger partial charge in [-0.05, 0) is 24.6 Å². The molecule has 1 aromatic carbocycles. The first kappa shape index (κ1) is 22.2. The van der Waals surface area contributed by atoms with Crippen LogP contribution in [0.2, 0.25) is 0 Å². The van der Waals surface area contributed by atoms with Gasteiger partial charge in [0.25, 0.3) is 0 Å². The molecule has 0 aliphatic heterocycles. The topological polar surface area (TPSA) is 91.5 Å². The fourth-order valence-corrected chi connectivity index (χ4v) is 3.85. The highest BCUT2D eigenvalue weighted by molar-refractivity contribution is 8.17. The summed E-state index contributed by atoms with van der Waals surface area (Å²) in [6.07, 6.45) is 8.55. The van der Waals surface area contributed by atoms with Gasteiger partial charge in [0.15, 0.2) is 0 Å². The molecule has 0 aliphatic carbocycles. The summed E-state index contributed by atoms with van der Waals surface area (Å²) in [5, 5.41) is 19.0. The molecule has 2 heterocycles. The SMILES string of the molecule is C=C(S/C(Cc1ccn(C)n1)=N\C)C(/C=N\N(C=O)Cc1cccc2[nH]ncc12)=C/C. The number of hydrogen-bond acceptors (Lipinski definition) is 6. The summed E-state index contributed by atoms with van der Waals surface area (Å²) in [5.41, 5.74) is 3.65. The van der Waals surface area contributed by atoms with Crippen LogP contribution in [0.25, 0.3) is 10.9 Å². The van der Waals surface area contributed by atoms with E-state index in [1.165, 1.54) is 16.8 Å². The summed E-state index contributed by atoms with van der Waals surface area (Å²) >= 11 is 1.48. The van der Waals surface area contributed by atoms with Crippen molar-refractivity contribution >= 4 is 40.3 Å². The Labute approximate surface area is 185 Å². The summed E-state index contributed by atoms with van der Waals surface area (Å²) in [4.78, 5) is 16.8. The number of aromatic amines is 1. The predicted octanol–water partition coefficient (Wildman–Crippen LogP) is 3.70. The fourth-order valence-electron chi connectivity index (χ4n) is 2.97. The number of allylic oxidation sites excluding steroid dienone is 2. The van der Waals surface area contributed by atoms with Crippen LogP contribution in [0, 0.1) is 0 Å². The number of amides is 1. The molecule has 8 nitrogen and oxygen atoms in total. The van der Waals surface area contributed by atoms with Gasteiger partial charge >= 0.3 is 0 Å². The number of hydrazone groups is 1. The van der Waals surface area contributed by atoms with Crippen LogP contribution >= 0.6 is 11.8 Å². The number of rotatable bonds is 9. The maximum Gasteiger partial charge on any atom is 0.230 e. The van der Waals surface area contributed by atoms with Crippen molar-refractivity contribution in [3.8, 4) is 0 Å². The molecule has 0 radical (unpaired) electrons. The molecule has 0 saturated heterocycles. The van der Waals surface area contributed by atoms with Crippen LogP contribution in [0.5, 0.6) is 0 Å². The monoisotopic (exact) mass is 435 g/mol. The van der Waals surface area contributed by atoms with Gasteiger partial charge in [-0.1, -0.05) is 36.5 Å². The number of carbonyl (C=O) groups is 1. The number of H-pyrrole nitrogens is 1. The third-order valence-corrected chi connectivity index (χ3v) is 5.64. The molecule has 3 rings (SSSR count). The molecule has 1 amide bonds. The highest BCUT2D eigenvalue weighted by Gasteiger charge is 2.10. The Bertz CT molecular complexity index is 1160. The van der Waals surface area contributed by atoms with Crippen LogP contribution in [0.1, 0.15) is 18.2 Å². The Morgan fingerprint density at radius 2 is 2.23 bits per heavy atom. The van der Waals surface area contributed by atoms with E-state index in [1.54, 1.807) is 24.1 Å². The van der Waals surface area contributed by atoms with E-state index < -0.39 is 0 Å². The van der Waals surface area contributed by atoms with Crippen LogP contribution in [0.4, 0.5) is 0 Å². The summed E-state index contributed by atoms with van der Waals surface area (Å²) in [5.74, 6) is 0. The zero-order valence-electron chi connectivity index (χ0n) is 17.8. The van der Waals surface area contributed by atoms with E-state index in [-0.39, 0.29) is 0 Å². The lowest BCUT2D eigenvalue weighted by Crippen LogP contribution is -2.15. The second kappa shape index (κ2) is 10.5. The van der Waals surface area contributed by atoms with Gasteiger partial charge in [0.2, 0.25) is 6.41 Å². The smallest absolute Gasteiger partial charge is 0.230 e.